The first-order valence-corrected chi connectivity index (χ1v) is 20.2. The molecule has 52 heavy (non-hydrogen) atoms. The monoisotopic (exact) mass is 723 g/mol. The number of nitrogens with zero attached hydrogens (tertiary/aromatic N) is 6. The van der Waals surface area contributed by atoms with Gasteiger partial charge in [0.2, 0.25) is 0 Å². The number of ether oxygens (including phenoxy) is 2. The topological polar surface area (TPSA) is 124 Å². The molecule has 2 aliphatic heterocycles. The van der Waals surface area contributed by atoms with E-state index >= 15 is 4.21 Å². The van der Waals surface area contributed by atoms with E-state index in [4.69, 9.17) is 9.47 Å². The lowest BCUT2D eigenvalue weighted by Crippen LogP contribution is -2.49. The highest BCUT2D eigenvalue weighted by Gasteiger charge is 2.44. The highest BCUT2D eigenvalue weighted by molar-refractivity contribution is 7.95. The van der Waals surface area contributed by atoms with Gasteiger partial charge in [-0.05, 0) is 99.5 Å². The molecular weight excluding hydrogens is 675 g/mol. The number of aryl methyl sites for hydroxylation is 3. The van der Waals surface area contributed by atoms with E-state index in [9.17, 15) is 4.79 Å². The molecule has 2 aliphatic carbocycles. The molecule has 274 valence electrons. The van der Waals surface area contributed by atoms with Gasteiger partial charge in [0.15, 0.2) is 11.5 Å². The Morgan fingerprint density at radius 2 is 1.98 bits per heavy atom. The van der Waals surface area contributed by atoms with Gasteiger partial charge in [0, 0.05) is 44.4 Å². The van der Waals surface area contributed by atoms with Gasteiger partial charge in [-0.2, -0.15) is 5.10 Å². The van der Waals surface area contributed by atoms with Crippen LogP contribution < -0.4 is 14.4 Å². The summed E-state index contributed by atoms with van der Waals surface area (Å²) in [6.07, 6.45) is 13.5. The Bertz CT molecular complexity index is 2170. The number of hydrogen-bond donors (Lipinski definition) is 1. The summed E-state index contributed by atoms with van der Waals surface area (Å²) in [5, 5.41) is 4.47. The number of fused-ring (bicyclic) bond motifs is 5. The second-order valence-corrected chi connectivity index (χ2v) is 17.8. The van der Waals surface area contributed by atoms with Crippen LogP contribution in [0.2, 0.25) is 0 Å². The van der Waals surface area contributed by atoms with Crippen molar-refractivity contribution in [1.82, 2.24) is 19.7 Å². The van der Waals surface area contributed by atoms with Crippen LogP contribution in [0.4, 0.5) is 11.5 Å². The van der Waals surface area contributed by atoms with Gasteiger partial charge in [0.05, 0.1) is 29.0 Å². The second kappa shape index (κ2) is 13.6. The summed E-state index contributed by atoms with van der Waals surface area (Å²) in [7, 11) is 0.175. The molecule has 1 unspecified atom stereocenters. The number of nitrogens with one attached hydrogen (secondary N) is 1. The molecule has 1 spiro atoms. The number of carbonyl (C=O) groups is 1. The van der Waals surface area contributed by atoms with E-state index < -0.39 is 21.1 Å². The fourth-order valence-corrected chi connectivity index (χ4v) is 10.7. The molecular formula is C40H49N7O4S. The van der Waals surface area contributed by atoms with Crippen molar-refractivity contribution < 1.29 is 18.5 Å². The zero-order valence-electron chi connectivity index (χ0n) is 30.7. The Hall–Kier alpha value is -4.29. The van der Waals surface area contributed by atoms with Crippen LogP contribution in [-0.4, -0.2) is 68.0 Å². The molecule has 1 N–H and O–H groups in total. The Morgan fingerprint density at radius 1 is 1.12 bits per heavy atom. The maximum absolute atomic E-state index is 15.1. The fourth-order valence-electron chi connectivity index (χ4n) is 8.82. The molecule has 2 aromatic carbocycles. The molecule has 1 fully saturated rings. The zero-order valence-corrected chi connectivity index (χ0v) is 31.6. The third-order valence-electron chi connectivity index (χ3n) is 12.1. The van der Waals surface area contributed by atoms with Crippen LogP contribution in [0.1, 0.15) is 73.0 Å². The van der Waals surface area contributed by atoms with E-state index in [1.165, 1.54) is 23.0 Å². The molecule has 2 bridgehead atoms. The summed E-state index contributed by atoms with van der Waals surface area (Å²) in [5.41, 5.74) is 5.60. The van der Waals surface area contributed by atoms with Crippen molar-refractivity contribution in [3.8, 4) is 5.75 Å². The Balaban J connectivity index is 1.24. The first-order chi connectivity index (χ1) is 25.1. The molecule has 1 amide bonds. The lowest BCUT2D eigenvalue weighted by atomic mass is 9.68. The number of rotatable bonds is 3. The summed E-state index contributed by atoms with van der Waals surface area (Å²) in [4.78, 5) is 25.4. The van der Waals surface area contributed by atoms with Gasteiger partial charge in [-0.15, -0.1) is 4.36 Å². The first kappa shape index (κ1) is 34.8. The van der Waals surface area contributed by atoms with Crippen molar-refractivity contribution in [2.45, 2.75) is 76.1 Å². The molecule has 0 radical (unpaired) electrons. The minimum absolute atomic E-state index is 0.0239. The van der Waals surface area contributed by atoms with Crippen molar-refractivity contribution in [3.05, 3.63) is 83.3 Å². The highest BCUT2D eigenvalue weighted by Crippen LogP contribution is 2.47. The van der Waals surface area contributed by atoms with Crippen LogP contribution in [0, 0.1) is 24.7 Å². The molecule has 2 aromatic heterocycles. The molecule has 7 atom stereocenters. The van der Waals surface area contributed by atoms with Gasteiger partial charge in [0.1, 0.15) is 22.0 Å². The lowest BCUT2D eigenvalue weighted by Gasteiger charge is -2.46. The largest absolute Gasteiger partial charge is 0.490 e. The van der Waals surface area contributed by atoms with E-state index in [0.29, 0.717) is 47.3 Å². The van der Waals surface area contributed by atoms with Crippen LogP contribution in [0.25, 0.3) is 11.0 Å². The van der Waals surface area contributed by atoms with Crippen molar-refractivity contribution in [2.75, 3.05) is 36.4 Å². The van der Waals surface area contributed by atoms with Gasteiger partial charge in [-0.1, -0.05) is 42.8 Å². The third-order valence-corrected chi connectivity index (χ3v) is 14.5. The highest BCUT2D eigenvalue weighted by atomic mass is 32.2. The standard InChI is InChI=1S/C40H49N7O4S/c1-25-11-15-33-28(18-25)9-7-17-40(33)22-47-20-30-12-14-31(30)35(50-5)10-6-8-26(2)27(3)52(49,44-38-32-21-46(4)43-37(32)41-24-42-38)45-39(48)29-13-16-36(51-23-40)34(47)19-29/h6,10-11,13,15-16,18-19,21,24,26-27,30-31,35H,7-9,12,14,17,20,22-23H2,1-5H3,(H,41,42,43,44,45,48,49)/b10-6+/t26-,27+,30-,31+,35-,40-,52?/m0/s1. The second-order valence-electron chi connectivity index (χ2n) is 15.5. The Kier molecular flexibility index (Phi) is 9.10. The van der Waals surface area contributed by atoms with Crippen molar-refractivity contribution >= 4 is 38.4 Å². The quantitative estimate of drug-likeness (QED) is 0.229. The molecule has 1 saturated carbocycles. The number of allylic oxidation sites excluding steroid dienone is 1. The summed E-state index contributed by atoms with van der Waals surface area (Å²) in [5.74, 6) is 1.25. The van der Waals surface area contributed by atoms with Crippen LogP contribution in [0.5, 0.6) is 5.75 Å². The summed E-state index contributed by atoms with van der Waals surface area (Å²) in [6.45, 7) is 8.27. The predicted octanol–water partition coefficient (Wildman–Crippen LogP) is 6.81. The van der Waals surface area contributed by atoms with Crippen molar-refractivity contribution in [3.63, 3.8) is 0 Å². The molecule has 0 saturated heterocycles. The van der Waals surface area contributed by atoms with E-state index in [2.05, 4.69) is 66.3 Å². The number of amides is 1. The number of carbonyl (C=O) groups excluding carboxylic acids is 1. The molecule has 4 aliphatic rings. The van der Waals surface area contributed by atoms with Crippen LogP contribution in [-0.2, 0) is 33.5 Å². The van der Waals surface area contributed by atoms with Crippen LogP contribution in [0.3, 0.4) is 0 Å². The minimum Gasteiger partial charge on any atom is -0.490 e. The van der Waals surface area contributed by atoms with Gasteiger partial charge in [-0.25, -0.2) is 14.2 Å². The Labute approximate surface area is 306 Å². The number of hydrogen-bond acceptors (Lipinski definition) is 8. The zero-order chi connectivity index (χ0) is 36.2. The Morgan fingerprint density at radius 3 is 2.79 bits per heavy atom. The normalized spacial score (nSPS) is 31.1. The van der Waals surface area contributed by atoms with E-state index in [-0.39, 0.29) is 17.4 Å². The summed E-state index contributed by atoms with van der Waals surface area (Å²) in [6, 6.07) is 12.4. The van der Waals surface area contributed by atoms with Gasteiger partial charge < -0.3 is 14.4 Å². The maximum atomic E-state index is 15.1. The molecule has 11 nitrogen and oxygen atoms in total. The summed E-state index contributed by atoms with van der Waals surface area (Å²) >= 11 is 0. The average Bonchev–Trinajstić information content (AvgIpc) is 3.44. The van der Waals surface area contributed by atoms with E-state index in [1.807, 2.05) is 26.0 Å². The first-order valence-electron chi connectivity index (χ1n) is 18.6. The maximum Gasteiger partial charge on any atom is 0.286 e. The number of aromatic nitrogens is 4. The van der Waals surface area contributed by atoms with Crippen molar-refractivity contribution in [1.29, 1.82) is 0 Å². The summed E-state index contributed by atoms with van der Waals surface area (Å²) < 4.78 is 37.3. The number of methoxy groups -OCH3 is 1. The average molecular weight is 724 g/mol. The molecule has 4 heterocycles. The minimum atomic E-state index is -3.42. The van der Waals surface area contributed by atoms with E-state index in [1.54, 1.807) is 31.1 Å². The third kappa shape index (κ3) is 6.27. The number of anilines is 2. The fraction of sp³-hybridized carbons (Fsp3) is 0.500. The molecule has 4 aromatic rings. The van der Waals surface area contributed by atoms with Crippen molar-refractivity contribution in [2.24, 2.45) is 29.2 Å². The molecule has 12 heteroatoms. The van der Waals surface area contributed by atoms with Crippen LogP contribution >= 0.6 is 0 Å². The number of benzene rings is 2. The molecule has 8 rings (SSSR count). The van der Waals surface area contributed by atoms with Crippen LogP contribution in [0.15, 0.2) is 65.4 Å². The smallest absolute Gasteiger partial charge is 0.286 e. The SMILES string of the molecule is CO[C@H]1/C=C/C[C@H](C)[C@@H](C)S(=O)(Nc2ncnc3nn(C)cc23)=NC(=O)c2ccc3c(c2)N(C[C@@H]2CC[C@H]21)C[C@@]1(CCCc2cc(C)ccc21)CO3. The van der Waals surface area contributed by atoms with Gasteiger partial charge in [-0.3, -0.25) is 14.2 Å². The predicted molar refractivity (Wildman–Crippen MR) is 204 cm³/mol. The van der Waals surface area contributed by atoms with E-state index in [0.717, 1.165) is 56.6 Å². The van der Waals surface area contributed by atoms with Gasteiger partial charge in [0.25, 0.3) is 5.91 Å². The van der Waals surface area contributed by atoms with Gasteiger partial charge >= 0.3 is 0 Å². The lowest BCUT2D eigenvalue weighted by molar-refractivity contribution is 0.0131.